The van der Waals surface area contributed by atoms with Crippen LogP contribution in [0.25, 0.3) is 16.6 Å². The van der Waals surface area contributed by atoms with Gasteiger partial charge in [0.05, 0.1) is 4.90 Å². The van der Waals surface area contributed by atoms with Crippen molar-refractivity contribution in [2.75, 3.05) is 18.0 Å². The van der Waals surface area contributed by atoms with Crippen molar-refractivity contribution >= 4 is 32.6 Å². The fraction of sp³-hybridized carbons (Fsp3) is 0.269. The topological polar surface area (TPSA) is 164 Å². The number of hydrogen-bond donors (Lipinski definition) is 4. The lowest BCUT2D eigenvalue weighted by Crippen LogP contribution is -2.45. The van der Waals surface area contributed by atoms with Crippen molar-refractivity contribution in [2.45, 2.75) is 30.2 Å². The molecule has 0 bridgehead atoms. The zero-order valence-electron chi connectivity index (χ0n) is 20.1. The van der Waals surface area contributed by atoms with Crippen LogP contribution in [0.3, 0.4) is 0 Å². The van der Waals surface area contributed by atoms with Gasteiger partial charge in [-0.15, -0.1) is 0 Å². The predicted octanol–water partition coefficient (Wildman–Crippen LogP) is 2.20. The summed E-state index contributed by atoms with van der Waals surface area (Å²) >= 11 is 0. The molecule has 11 heteroatoms. The van der Waals surface area contributed by atoms with Crippen LogP contribution in [0.15, 0.2) is 64.8 Å². The van der Waals surface area contributed by atoms with E-state index in [2.05, 4.69) is 49.8 Å². The van der Waals surface area contributed by atoms with E-state index < -0.39 is 10.0 Å². The zero-order valence-corrected chi connectivity index (χ0v) is 20.9. The molecule has 0 unspecified atom stereocenters. The van der Waals surface area contributed by atoms with Gasteiger partial charge < -0.3 is 10.6 Å². The molecule has 10 nitrogen and oxygen atoms in total. The number of benzene rings is 2. The first kappa shape index (κ1) is 23.6. The smallest absolute Gasteiger partial charge is 0.264 e. The van der Waals surface area contributed by atoms with Crippen molar-refractivity contribution in [1.29, 1.82) is 0 Å². The molecule has 2 aromatic carbocycles. The highest BCUT2D eigenvalue weighted by Crippen LogP contribution is 2.50. The molecular weight excluding hydrogens is 490 g/mol. The lowest BCUT2D eigenvalue weighted by Gasteiger charge is -2.42. The monoisotopic (exact) mass is 517 g/mol. The highest BCUT2D eigenvalue weighted by atomic mass is 32.2. The van der Waals surface area contributed by atoms with Crippen molar-refractivity contribution in [3.63, 3.8) is 0 Å². The Kier molecular flexibility index (Phi) is 5.34. The first-order chi connectivity index (χ1) is 17.7. The number of hydrogen-bond acceptors (Lipinski definition) is 7. The summed E-state index contributed by atoms with van der Waals surface area (Å²) in [4.78, 5) is 22.7. The quantitative estimate of drug-likeness (QED) is 0.322. The van der Waals surface area contributed by atoms with Gasteiger partial charge in [-0.2, -0.15) is 10.1 Å². The Labute approximate surface area is 213 Å². The van der Waals surface area contributed by atoms with E-state index in [-0.39, 0.29) is 44.1 Å². The number of nitrogens with one attached hydrogen (secondary N) is 2. The Morgan fingerprint density at radius 1 is 1.11 bits per heavy atom. The summed E-state index contributed by atoms with van der Waals surface area (Å²) in [5.41, 5.74) is 9.93. The Morgan fingerprint density at radius 3 is 2.54 bits per heavy atom. The number of anilines is 1. The summed E-state index contributed by atoms with van der Waals surface area (Å²) in [6, 6.07) is 14.6. The van der Waals surface area contributed by atoms with E-state index in [1.54, 1.807) is 18.2 Å². The Bertz CT molecular complexity index is 1720. The second kappa shape index (κ2) is 8.37. The van der Waals surface area contributed by atoms with Gasteiger partial charge in [0.1, 0.15) is 11.1 Å². The van der Waals surface area contributed by atoms with Crippen molar-refractivity contribution in [1.82, 2.24) is 20.2 Å². The summed E-state index contributed by atoms with van der Waals surface area (Å²) in [5.74, 6) is 0.460. The van der Waals surface area contributed by atoms with Crippen molar-refractivity contribution in [3.05, 3.63) is 87.8 Å². The Morgan fingerprint density at radius 2 is 1.81 bits per heavy atom. The van der Waals surface area contributed by atoms with Crippen LogP contribution in [0.1, 0.15) is 41.3 Å². The maximum atomic E-state index is 13.2. The zero-order chi connectivity index (χ0) is 25.9. The number of rotatable bonds is 4. The van der Waals surface area contributed by atoms with Crippen molar-refractivity contribution in [2.24, 2.45) is 16.3 Å². The maximum absolute atomic E-state index is 13.2. The fourth-order valence-corrected chi connectivity index (χ4v) is 6.62. The lowest BCUT2D eigenvalue weighted by molar-refractivity contribution is 0.187. The van der Waals surface area contributed by atoms with Crippen LogP contribution in [-0.4, -0.2) is 41.7 Å². The first-order valence-corrected chi connectivity index (χ1v) is 13.6. The molecule has 2 aliphatic rings. The average Bonchev–Trinajstić information content (AvgIpc) is 3.43. The van der Waals surface area contributed by atoms with E-state index in [0.717, 1.165) is 19.3 Å². The van der Waals surface area contributed by atoms with Crippen LogP contribution in [-0.2, 0) is 16.4 Å². The molecule has 6 N–H and O–H groups in total. The van der Waals surface area contributed by atoms with E-state index in [9.17, 15) is 13.2 Å². The molecule has 190 valence electrons. The van der Waals surface area contributed by atoms with Gasteiger partial charge in [0.2, 0.25) is 16.0 Å². The number of sulfonamides is 1. The molecule has 6 rings (SSSR count). The number of nitrogens with zero attached hydrogens (tertiary/aromatic N) is 3. The minimum absolute atomic E-state index is 0.00160. The number of aromatic nitrogens is 4. The van der Waals surface area contributed by atoms with Gasteiger partial charge in [0.15, 0.2) is 5.65 Å². The summed E-state index contributed by atoms with van der Waals surface area (Å²) < 4.78 is 24.1. The first-order valence-electron chi connectivity index (χ1n) is 12.1. The van der Waals surface area contributed by atoms with Gasteiger partial charge in [-0.3, -0.25) is 14.9 Å². The molecule has 1 aliphatic heterocycles. The summed E-state index contributed by atoms with van der Waals surface area (Å²) in [5, 5.41) is 12.7. The number of H-pyrrole nitrogens is 2. The summed E-state index contributed by atoms with van der Waals surface area (Å²) in [6.07, 6.45) is 2.74. The van der Waals surface area contributed by atoms with Crippen molar-refractivity contribution < 1.29 is 8.42 Å². The molecule has 2 aromatic heterocycles. The van der Waals surface area contributed by atoms with E-state index >= 15 is 0 Å². The normalized spacial score (nSPS) is 18.9. The molecule has 3 heterocycles. The maximum Gasteiger partial charge on any atom is 0.264 e. The molecule has 1 saturated heterocycles. The number of nitrogens with two attached hydrogens (primary N) is 2. The van der Waals surface area contributed by atoms with Crippen LogP contribution < -0.4 is 21.3 Å². The molecule has 0 saturated carbocycles. The highest BCUT2D eigenvalue weighted by molar-refractivity contribution is 7.89. The summed E-state index contributed by atoms with van der Waals surface area (Å²) in [6.45, 7) is 5.43. The van der Waals surface area contributed by atoms with Crippen LogP contribution >= 0.6 is 0 Å². The lowest BCUT2D eigenvalue weighted by atomic mass is 9.73. The van der Waals surface area contributed by atoms with Gasteiger partial charge in [-0.25, -0.2) is 13.6 Å². The van der Waals surface area contributed by atoms with Gasteiger partial charge in [-0.1, -0.05) is 49.0 Å². The minimum atomic E-state index is -4.00. The Hall–Kier alpha value is -3.80. The second-order valence-electron chi connectivity index (χ2n) is 9.91. The third kappa shape index (κ3) is 3.78. The molecule has 4 aromatic rings. The van der Waals surface area contributed by atoms with E-state index in [1.807, 2.05) is 6.07 Å². The standard InChI is InChI=1S/C26H27N7O3S/c1-15(17-7-4-5-9-19(17)37(28,35)36)21-20-23(32-31-21)29-25(30-24(20)34)33-12-10-26(11-13-33)14-16-6-2-3-8-18(16)22(26)27/h2-9,22H,1,10-14,27H2,(H2,28,35,36)(H2,29,30,31,32,34)/t22-/m1/s1. The molecule has 1 spiro atoms. The van der Waals surface area contributed by atoms with Gasteiger partial charge in [0.25, 0.3) is 5.56 Å². The van der Waals surface area contributed by atoms with E-state index in [1.165, 1.54) is 17.2 Å². The van der Waals surface area contributed by atoms with E-state index in [0.29, 0.717) is 24.7 Å². The molecule has 1 aliphatic carbocycles. The third-order valence-corrected chi connectivity index (χ3v) is 8.84. The number of fused-ring (bicyclic) bond motifs is 2. The van der Waals surface area contributed by atoms with Crippen LogP contribution in [0.2, 0.25) is 0 Å². The van der Waals surface area contributed by atoms with Crippen molar-refractivity contribution in [3.8, 4) is 0 Å². The minimum Gasteiger partial charge on any atom is -0.342 e. The fourth-order valence-electron chi connectivity index (χ4n) is 5.86. The Balaban J connectivity index is 1.28. The molecule has 0 amide bonds. The SMILES string of the molecule is C=C(c1ccccc1S(N)(=O)=O)c1n[nH]c2nc(N3CCC4(CC3)Cc3ccccc3[C@H]4N)[nH]c(=O)c12. The molecule has 0 radical (unpaired) electrons. The number of piperidine rings is 1. The highest BCUT2D eigenvalue weighted by Gasteiger charge is 2.46. The third-order valence-electron chi connectivity index (χ3n) is 7.87. The number of aromatic amines is 2. The molecule has 37 heavy (non-hydrogen) atoms. The van der Waals surface area contributed by atoms with Gasteiger partial charge >= 0.3 is 0 Å². The van der Waals surface area contributed by atoms with E-state index in [4.69, 9.17) is 10.9 Å². The van der Waals surface area contributed by atoms with Crippen LogP contribution in [0, 0.1) is 5.41 Å². The molecular formula is C26H27N7O3S. The predicted molar refractivity (Wildman–Crippen MR) is 141 cm³/mol. The van der Waals surface area contributed by atoms with Crippen LogP contribution in [0.4, 0.5) is 5.95 Å². The summed E-state index contributed by atoms with van der Waals surface area (Å²) in [7, 11) is -4.00. The molecule has 1 fully saturated rings. The number of primary sulfonamides is 1. The average molecular weight is 518 g/mol. The van der Waals surface area contributed by atoms with Gasteiger partial charge in [-0.05, 0) is 41.9 Å². The van der Waals surface area contributed by atoms with Crippen LogP contribution in [0.5, 0.6) is 0 Å². The second-order valence-corrected chi connectivity index (χ2v) is 11.4. The molecule has 1 atom stereocenters. The van der Waals surface area contributed by atoms with Gasteiger partial charge in [0, 0.05) is 30.3 Å². The largest absolute Gasteiger partial charge is 0.342 e.